The zero-order valence-corrected chi connectivity index (χ0v) is 12.3. The molecule has 102 valence electrons. The van der Waals surface area contributed by atoms with Gasteiger partial charge in [0, 0.05) is 28.2 Å². The lowest BCUT2D eigenvalue weighted by Gasteiger charge is -2.03. The number of rotatable bonds is 1. The normalized spacial score (nSPS) is 11.3. The maximum absolute atomic E-state index is 6.24. The molecule has 21 heavy (non-hydrogen) atoms. The van der Waals surface area contributed by atoms with Gasteiger partial charge in [0.2, 0.25) is 0 Å². The Morgan fingerprint density at radius 1 is 0.952 bits per heavy atom. The van der Waals surface area contributed by atoms with Crippen LogP contribution in [0.15, 0.2) is 54.7 Å². The molecule has 1 N–H and O–H groups in total. The minimum Gasteiger partial charge on any atom is -0.357 e. The van der Waals surface area contributed by atoms with Gasteiger partial charge in [-0.3, -0.25) is 4.98 Å². The van der Waals surface area contributed by atoms with Crippen LogP contribution in [-0.2, 0) is 0 Å². The molecule has 2 aromatic heterocycles. The Bertz CT molecular complexity index is 955. The van der Waals surface area contributed by atoms with Gasteiger partial charge in [0.15, 0.2) is 0 Å². The van der Waals surface area contributed by atoms with E-state index in [-0.39, 0.29) is 0 Å². The summed E-state index contributed by atoms with van der Waals surface area (Å²) in [5.74, 6) is 0. The molecule has 2 heterocycles. The topological polar surface area (TPSA) is 28.7 Å². The number of fused-ring (bicyclic) bond motifs is 3. The summed E-state index contributed by atoms with van der Waals surface area (Å²) < 4.78 is 0. The van der Waals surface area contributed by atoms with Gasteiger partial charge < -0.3 is 4.98 Å². The van der Waals surface area contributed by atoms with E-state index in [4.69, 9.17) is 11.6 Å². The number of nitrogens with one attached hydrogen (secondary N) is 1. The van der Waals surface area contributed by atoms with Crippen molar-refractivity contribution in [3.05, 3.63) is 65.4 Å². The van der Waals surface area contributed by atoms with E-state index in [9.17, 15) is 0 Å². The first-order valence-electron chi connectivity index (χ1n) is 6.86. The van der Waals surface area contributed by atoms with Crippen LogP contribution >= 0.6 is 11.6 Å². The Kier molecular flexibility index (Phi) is 2.72. The second kappa shape index (κ2) is 4.61. The monoisotopic (exact) mass is 292 g/mol. The predicted molar refractivity (Wildman–Crippen MR) is 88.8 cm³/mol. The van der Waals surface area contributed by atoms with Gasteiger partial charge in [-0.25, -0.2) is 0 Å². The molecular weight excluding hydrogens is 280 g/mol. The molecule has 0 aliphatic rings. The molecule has 2 aromatic carbocycles. The summed E-state index contributed by atoms with van der Waals surface area (Å²) in [5.41, 5.74) is 5.49. The Balaban J connectivity index is 2.13. The van der Waals surface area contributed by atoms with Crippen LogP contribution in [0.1, 0.15) is 5.69 Å². The number of hydrogen-bond donors (Lipinski definition) is 1. The third-order valence-corrected chi connectivity index (χ3v) is 4.17. The number of H-pyrrole nitrogens is 1. The number of benzene rings is 2. The number of aromatic nitrogens is 2. The van der Waals surface area contributed by atoms with Gasteiger partial charge >= 0.3 is 0 Å². The van der Waals surface area contributed by atoms with E-state index >= 15 is 0 Å². The molecule has 4 rings (SSSR count). The summed E-state index contributed by atoms with van der Waals surface area (Å²) >= 11 is 6.24. The van der Waals surface area contributed by atoms with Gasteiger partial charge in [-0.15, -0.1) is 0 Å². The van der Waals surface area contributed by atoms with E-state index in [1.165, 1.54) is 11.1 Å². The van der Waals surface area contributed by atoms with Crippen LogP contribution in [0.4, 0.5) is 0 Å². The molecule has 0 saturated carbocycles. The van der Waals surface area contributed by atoms with E-state index in [1.807, 2.05) is 24.4 Å². The molecule has 0 fully saturated rings. The highest BCUT2D eigenvalue weighted by atomic mass is 35.5. The Labute approximate surface area is 127 Å². The third-order valence-electron chi connectivity index (χ3n) is 3.87. The summed E-state index contributed by atoms with van der Waals surface area (Å²) in [5, 5.41) is 2.88. The first-order valence-corrected chi connectivity index (χ1v) is 7.24. The average molecular weight is 293 g/mol. The number of nitrogens with zero attached hydrogens (tertiary/aromatic N) is 1. The van der Waals surface area contributed by atoms with Gasteiger partial charge in [-0.1, -0.05) is 54.1 Å². The van der Waals surface area contributed by atoms with Crippen LogP contribution in [0.5, 0.6) is 0 Å². The first kappa shape index (κ1) is 12.4. The Hall–Kier alpha value is -2.32. The fourth-order valence-electron chi connectivity index (χ4n) is 2.94. The van der Waals surface area contributed by atoms with Gasteiger partial charge in [0.1, 0.15) is 0 Å². The van der Waals surface area contributed by atoms with E-state index in [2.05, 4.69) is 47.2 Å². The van der Waals surface area contributed by atoms with Crippen LogP contribution in [0.25, 0.3) is 32.9 Å². The highest BCUT2D eigenvalue weighted by Gasteiger charge is 2.14. The second-order valence-corrected chi connectivity index (χ2v) is 5.58. The molecule has 0 radical (unpaired) electrons. The van der Waals surface area contributed by atoms with Gasteiger partial charge in [-0.05, 0) is 18.6 Å². The maximum atomic E-state index is 6.24. The maximum Gasteiger partial charge on any atom is 0.0909 e. The summed E-state index contributed by atoms with van der Waals surface area (Å²) in [6.45, 7) is 2.10. The number of pyridine rings is 1. The summed E-state index contributed by atoms with van der Waals surface area (Å²) in [7, 11) is 0. The summed E-state index contributed by atoms with van der Waals surface area (Å²) in [6, 6.07) is 16.3. The molecule has 0 bridgehead atoms. The van der Waals surface area contributed by atoms with E-state index in [0.29, 0.717) is 5.02 Å². The first-order chi connectivity index (χ1) is 10.3. The van der Waals surface area contributed by atoms with Gasteiger partial charge in [-0.2, -0.15) is 0 Å². The third kappa shape index (κ3) is 1.83. The van der Waals surface area contributed by atoms with Crippen molar-refractivity contribution in [2.45, 2.75) is 6.92 Å². The minimum absolute atomic E-state index is 0.683. The molecule has 0 atom stereocenters. The number of aryl methyl sites for hydroxylation is 1. The molecule has 0 amide bonds. The van der Waals surface area contributed by atoms with Crippen molar-refractivity contribution in [3.8, 4) is 11.1 Å². The van der Waals surface area contributed by atoms with Crippen molar-refractivity contribution < 1.29 is 0 Å². The molecule has 0 unspecified atom stereocenters. The van der Waals surface area contributed by atoms with E-state index in [0.717, 1.165) is 27.5 Å². The van der Waals surface area contributed by atoms with Crippen LogP contribution in [0.3, 0.4) is 0 Å². The molecule has 3 heteroatoms. The van der Waals surface area contributed by atoms with Crippen molar-refractivity contribution in [1.29, 1.82) is 0 Å². The molecule has 2 nitrogen and oxygen atoms in total. The number of halogens is 1. The van der Waals surface area contributed by atoms with E-state index in [1.54, 1.807) is 0 Å². The largest absolute Gasteiger partial charge is 0.357 e. The van der Waals surface area contributed by atoms with Gasteiger partial charge in [0.05, 0.1) is 16.1 Å². The molecule has 0 saturated heterocycles. The second-order valence-electron chi connectivity index (χ2n) is 5.17. The minimum atomic E-state index is 0.683. The lowest BCUT2D eigenvalue weighted by molar-refractivity contribution is 1.30. The van der Waals surface area contributed by atoms with Gasteiger partial charge in [0.25, 0.3) is 0 Å². The highest BCUT2D eigenvalue weighted by molar-refractivity contribution is 6.35. The van der Waals surface area contributed by atoms with Crippen LogP contribution in [0.2, 0.25) is 5.02 Å². The fraction of sp³-hybridized carbons (Fsp3) is 0.0556. The van der Waals surface area contributed by atoms with Crippen LogP contribution < -0.4 is 0 Å². The van der Waals surface area contributed by atoms with Crippen molar-refractivity contribution in [3.63, 3.8) is 0 Å². The molecule has 0 aliphatic heterocycles. The summed E-state index contributed by atoms with van der Waals surface area (Å²) in [6.07, 6.45) is 1.91. The van der Waals surface area contributed by atoms with Crippen molar-refractivity contribution in [2.24, 2.45) is 0 Å². The van der Waals surface area contributed by atoms with Crippen molar-refractivity contribution >= 4 is 33.4 Å². The zero-order valence-electron chi connectivity index (χ0n) is 11.5. The molecule has 0 aliphatic carbocycles. The van der Waals surface area contributed by atoms with Crippen LogP contribution in [0, 0.1) is 6.92 Å². The fourth-order valence-corrected chi connectivity index (χ4v) is 3.16. The zero-order chi connectivity index (χ0) is 14.4. The number of hydrogen-bond acceptors (Lipinski definition) is 1. The average Bonchev–Trinajstić information content (AvgIpc) is 2.85. The standard InChI is InChI=1S/C18H13ClN2/c1-11-16(12-6-3-2-4-7-12)14-10-20-18-13(17(14)21-11)8-5-9-15(18)19/h2-10,21H,1H3. The number of para-hydroxylation sites is 1. The highest BCUT2D eigenvalue weighted by Crippen LogP contribution is 2.35. The Morgan fingerprint density at radius 3 is 2.57 bits per heavy atom. The summed E-state index contributed by atoms with van der Waals surface area (Å²) in [4.78, 5) is 8.05. The van der Waals surface area contributed by atoms with Crippen LogP contribution in [-0.4, -0.2) is 9.97 Å². The molecule has 0 spiro atoms. The number of aromatic amines is 1. The Morgan fingerprint density at radius 2 is 1.76 bits per heavy atom. The lowest BCUT2D eigenvalue weighted by atomic mass is 10.0. The molecular formula is C18H13ClN2. The quantitative estimate of drug-likeness (QED) is 0.503. The van der Waals surface area contributed by atoms with Crippen molar-refractivity contribution in [1.82, 2.24) is 9.97 Å². The predicted octanol–water partition coefficient (Wildman–Crippen LogP) is 5.34. The smallest absolute Gasteiger partial charge is 0.0909 e. The van der Waals surface area contributed by atoms with E-state index < -0.39 is 0 Å². The molecule has 4 aromatic rings. The van der Waals surface area contributed by atoms with Crippen molar-refractivity contribution in [2.75, 3.05) is 0 Å². The lowest BCUT2D eigenvalue weighted by Crippen LogP contribution is -1.82. The SMILES string of the molecule is Cc1[nH]c2c(cnc3c(Cl)cccc32)c1-c1ccccc1.